The van der Waals surface area contributed by atoms with Gasteiger partial charge in [-0.05, 0) is 216 Å². The van der Waals surface area contributed by atoms with E-state index < -0.39 is 0 Å². The van der Waals surface area contributed by atoms with Gasteiger partial charge in [0.05, 0.1) is 0 Å². The van der Waals surface area contributed by atoms with E-state index in [0.29, 0.717) is 0 Å². The molecule has 0 bridgehead atoms. The highest BCUT2D eigenvalue weighted by Gasteiger charge is 2.31. The van der Waals surface area contributed by atoms with E-state index in [9.17, 15) is 0 Å². The third-order valence-electron chi connectivity index (χ3n) is 18.6. The highest BCUT2D eigenvalue weighted by Crippen LogP contribution is 2.47. The zero-order valence-corrected chi connectivity index (χ0v) is 50.0. The lowest BCUT2D eigenvalue weighted by Crippen LogP contribution is -2.22. The summed E-state index contributed by atoms with van der Waals surface area (Å²) in [5.41, 5.74) is 31.4. The molecule has 0 N–H and O–H groups in total. The second kappa shape index (κ2) is 23.1. The van der Waals surface area contributed by atoms with Crippen LogP contribution in [0.5, 0.6) is 0 Å². The van der Waals surface area contributed by atoms with E-state index in [0.717, 1.165) is 57.8 Å². The molecule has 1 aliphatic rings. The summed E-state index contributed by atoms with van der Waals surface area (Å²) in [6, 6.07) is 54.7. The summed E-state index contributed by atoms with van der Waals surface area (Å²) in [7, 11) is 0. The minimum Gasteiger partial charge on any atom is -0.0681 e. The van der Waals surface area contributed by atoms with Crippen molar-refractivity contribution in [2.75, 3.05) is 0 Å². The van der Waals surface area contributed by atoms with Crippen molar-refractivity contribution in [3.63, 3.8) is 0 Å². The molecule has 0 nitrogen and oxygen atoms in total. The predicted molar refractivity (Wildman–Crippen MR) is 340 cm³/mol. The summed E-state index contributed by atoms with van der Waals surface area (Å²) >= 11 is 0. The fraction of sp³-hybridized carbons (Fsp3) is 0.359. The van der Waals surface area contributed by atoms with Gasteiger partial charge in [-0.3, -0.25) is 0 Å². The van der Waals surface area contributed by atoms with E-state index in [2.05, 4.69) is 236 Å². The second-order valence-electron chi connectivity index (χ2n) is 23.7. The van der Waals surface area contributed by atoms with Crippen molar-refractivity contribution in [1.82, 2.24) is 0 Å². The third-order valence-corrected chi connectivity index (χ3v) is 18.6. The molecule has 0 heterocycles. The average molecular weight is 1030 g/mol. The number of hydrogen-bond acceptors (Lipinski definition) is 0. The van der Waals surface area contributed by atoms with E-state index in [1.165, 1.54) is 149 Å². The van der Waals surface area contributed by atoms with Crippen LogP contribution in [0.2, 0.25) is 0 Å². The standard InChI is InChI=1S/C78H88/c1-15-53-32-54(16-2)37-64(36-53)49(11)69-28-47(9)29-70(50(12)65-38-55(17-3)33-56(18-4)39-65)76(69)68-44-63-27-26-61-24-23-25-62-45-74(73(46-68)77(63)75(61)62)78-71(51(13)66-40-57(19-5)34-58(20-6)41-66)30-48(10)31-72(78)52(14)67-42-59(21-7)35-60(22-8)43-67/h23-43,45-46,49-52,68H,15-22,44H2,1-14H3/t49-,50-,51-,52-,68?/m1/s1. The first-order valence-electron chi connectivity index (χ1n) is 30.5. The van der Waals surface area contributed by atoms with E-state index in [1.54, 1.807) is 0 Å². The van der Waals surface area contributed by atoms with Crippen LogP contribution in [0.15, 0.2) is 133 Å². The van der Waals surface area contributed by atoms with Gasteiger partial charge in [-0.15, -0.1) is 0 Å². The van der Waals surface area contributed by atoms with Crippen LogP contribution in [0, 0.1) is 13.8 Å². The van der Waals surface area contributed by atoms with Gasteiger partial charge in [-0.2, -0.15) is 0 Å². The molecule has 0 aromatic heterocycles. The Morgan fingerprint density at radius 2 is 0.718 bits per heavy atom. The van der Waals surface area contributed by atoms with E-state index in [4.69, 9.17) is 0 Å². The molecular formula is C78H88. The summed E-state index contributed by atoms with van der Waals surface area (Å²) in [4.78, 5) is 0. The maximum absolute atomic E-state index is 2.79. The van der Waals surface area contributed by atoms with Crippen LogP contribution in [0.4, 0.5) is 0 Å². The summed E-state index contributed by atoms with van der Waals surface area (Å²) in [5, 5.41) is 6.92. The molecule has 9 aromatic carbocycles. The number of benzene rings is 9. The maximum atomic E-state index is 2.79. The predicted octanol–water partition coefficient (Wildman–Crippen LogP) is 20.2. The first kappa shape index (κ1) is 54.8. The van der Waals surface area contributed by atoms with Gasteiger partial charge in [0.15, 0.2) is 0 Å². The van der Waals surface area contributed by atoms with Crippen molar-refractivity contribution in [3.05, 3.63) is 250 Å². The molecule has 9 aromatic rings. The van der Waals surface area contributed by atoms with Gasteiger partial charge in [-0.1, -0.05) is 228 Å². The van der Waals surface area contributed by atoms with E-state index >= 15 is 0 Å². The lowest BCUT2D eigenvalue weighted by atomic mass is 9.72. The molecular weight excluding hydrogens is 937 g/mol. The van der Waals surface area contributed by atoms with E-state index in [-0.39, 0.29) is 29.6 Å². The first-order valence-corrected chi connectivity index (χ1v) is 30.5. The normalized spacial score (nSPS) is 14.9. The highest BCUT2D eigenvalue weighted by molar-refractivity contribution is 6.14. The topological polar surface area (TPSA) is 0 Å². The molecule has 10 rings (SSSR count). The Bertz CT molecular complexity index is 3490. The van der Waals surface area contributed by atoms with Crippen LogP contribution < -0.4 is 5.22 Å². The molecule has 0 spiro atoms. The largest absolute Gasteiger partial charge is 0.0681 e. The van der Waals surface area contributed by atoms with Crippen LogP contribution in [-0.2, 0) is 57.8 Å². The zero-order chi connectivity index (χ0) is 55.1. The van der Waals surface area contributed by atoms with Crippen LogP contribution >= 0.6 is 0 Å². The highest BCUT2D eigenvalue weighted by atomic mass is 14.4. The molecule has 5 atom stereocenters. The molecule has 0 heteroatoms. The lowest BCUT2D eigenvalue weighted by molar-refractivity contribution is 0.779. The van der Waals surface area contributed by atoms with Crippen molar-refractivity contribution in [2.45, 2.75) is 184 Å². The fourth-order valence-corrected chi connectivity index (χ4v) is 13.8. The van der Waals surface area contributed by atoms with Crippen LogP contribution in [0.3, 0.4) is 0 Å². The van der Waals surface area contributed by atoms with Gasteiger partial charge in [0.25, 0.3) is 0 Å². The Kier molecular flexibility index (Phi) is 16.2. The molecule has 0 saturated carbocycles. The van der Waals surface area contributed by atoms with Crippen molar-refractivity contribution in [3.8, 4) is 11.1 Å². The van der Waals surface area contributed by atoms with Crippen LogP contribution in [-0.4, -0.2) is 0 Å². The Hall–Kier alpha value is -6.50. The van der Waals surface area contributed by atoms with Gasteiger partial charge >= 0.3 is 0 Å². The minimum atomic E-state index is 0.142. The fourth-order valence-electron chi connectivity index (χ4n) is 13.8. The zero-order valence-electron chi connectivity index (χ0n) is 50.0. The van der Waals surface area contributed by atoms with Crippen LogP contribution in [0.25, 0.3) is 38.7 Å². The summed E-state index contributed by atoms with van der Waals surface area (Å²) in [6.45, 7) is 33.2. The molecule has 400 valence electrons. The van der Waals surface area contributed by atoms with Gasteiger partial charge in [-0.25, -0.2) is 0 Å². The Morgan fingerprint density at radius 3 is 1.09 bits per heavy atom. The van der Waals surface area contributed by atoms with Crippen molar-refractivity contribution in [2.24, 2.45) is 0 Å². The van der Waals surface area contributed by atoms with Crippen LogP contribution in [0.1, 0.15) is 224 Å². The molecule has 0 fully saturated rings. The molecule has 78 heavy (non-hydrogen) atoms. The Morgan fingerprint density at radius 1 is 0.372 bits per heavy atom. The lowest BCUT2D eigenvalue weighted by Gasteiger charge is -2.32. The number of hydrogen-bond donors (Lipinski definition) is 0. The van der Waals surface area contributed by atoms with E-state index in [1.807, 2.05) is 0 Å². The monoisotopic (exact) mass is 1020 g/mol. The SMILES string of the molecule is CCc1cc(CC)cc([C@@H](C)c2cc(C)cc([C@H](C)c3cc(CC)cc(CC)c3)c2-c2cc3cccc4ccc5c(c2=CC(c2c([C@H](C)c6cc(CC)cc(CC)c6)cc(C)cc2[C@H](C)c2cc(CC)cc(CC)c2)C5)c43)c1. The summed E-state index contributed by atoms with van der Waals surface area (Å²) in [6.07, 6.45) is 12.0. The van der Waals surface area contributed by atoms with Crippen molar-refractivity contribution >= 4 is 27.6 Å². The van der Waals surface area contributed by atoms with Gasteiger partial charge in [0.2, 0.25) is 0 Å². The van der Waals surface area contributed by atoms with Gasteiger partial charge in [0, 0.05) is 29.6 Å². The molecule has 0 radical (unpaired) electrons. The van der Waals surface area contributed by atoms with Crippen molar-refractivity contribution in [1.29, 1.82) is 0 Å². The Labute approximate surface area is 470 Å². The first-order chi connectivity index (χ1) is 37.7. The molecule has 1 aliphatic carbocycles. The van der Waals surface area contributed by atoms with Crippen molar-refractivity contribution < 1.29 is 0 Å². The minimum absolute atomic E-state index is 0.142. The summed E-state index contributed by atoms with van der Waals surface area (Å²) < 4.78 is 0. The second-order valence-corrected chi connectivity index (χ2v) is 23.7. The van der Waals surface area contributed by atoms with Gasteiger partial charge < -0.3 is 0 Å². The van der Waals surface area contributed by atoms with Gasteiger partial charge in [0.1, 0.15) is 0 Å². The maximum Gasteiger partial charge on any atom is 0.00739 e. The smallest absolute Gasteiger partial charge is 0.00739 e. The average Bonchev–Trinajstić information content (AvgIpc) is 3.65. The summed E-state index contributed by atoms with van der Waals surface area (Å²) in [5.74, 6) is 0.884. The molecule has 0 saturated heterocycles. The number of rotatable bonds is 18. The molecule has 1 unspecified atom stereocenters. The quantitative estimate of drug-likeness (QED) is 0.0803. The molecule has 0 amide bonds. The molecule has 0 aliphatic heterocycles. The Balaban J connectivity index is 1.32. The number of aryl methyl sites for hydroxylation is 10. The third kappa shape index (κ3) is 10.5.